The van der Waals surface area contributed by atoms with Crippen LogP contribution in [0.3, 0.4) is 0 Å². The number of ether oxygens (including phenoxy) is 1. The Labute approximate surface area is 97.1 Å². The van der Waals surface area contributed by atoms with Crippen LogP contribution in [0.5, 0.6) is 5.75 Å². The third-order valence-corrected chi connectivity index (χ3v) is 2.71. The van der Waals surface area contributed by atoms with Crippen LogP contribution in [0.15, 0.2) is 17.1 Å². The van der Waals surface area contributed by atoms with Gasteiger partial charge in [-0.05, 0) is 36.5 Å². The number of rotatable bonds is 3. The standard InChI is InChI=1S/C12H10FNO3/c1-17-10-5-8(7-2-3-7)4-9(13)11(10)12(16)14-6-15/h4-5,7H,2-3H2,1H3. The zero-order chi connectivity index (χ0) is 12.4. The average Bonchev–Trinajstić information content (AvgIpc) is 3.11. The van der Waals surface area contributed by atoms with Crippen molar-refractivity contribution in [3.63, 3.8) is 0 Å². The molecule has 1 aromatic rings. The normalized spacial score (nSPS) is 14.0. The number of amides is 1. The molecule has 0 bridgehead atoms. The number of carbonyl (C=O) groups is 1. The third-order valence-electron chi connectivity index (χ3n) is 2.71. The van der Waals surface area contributed by atoms with Gasteiger partial charge in [-0.25, -0.2) is 9.18 Å². The summed E-state index contributed by atoms with van der Waals surface area (Å²) in [6.45, 7) is 0. The first-order chi connectivity index (χ1) is 8.17. The number of methoxy groups -OCH3 is 1. The van der Waals surface area contributed by atoms with E-state index in [-0.39, 0.29) is 11.3 Å². The van der Waals surface area contributed by atoms with E-state index in [0.29, 0.717) is 5.92 Å². The van der Waals surface area contributed by atoms with Gasteiger partial charge in [0, 0.05) is 0 Å². The van der Waals surface area contributed by atoms with Crippen LogP contribution in [0.25, 0.3) is 0 Å². The molecule has 17 heavy (non-hydrogen) atoms. The number of nitrogens with zero attached hydrogens (tertiary/aromatic N) is 1. The van der Waals surface area contributed by atoms with Gasteiger partial charge in [0.1, 0.15) is 17.1 Å². The summed E-state index contributed by atoms with van der Waals surface area (Å²) in [4.78, 5) is 24.3. The van der Waals surface area contributed by atoms with Gasteiger partial charge in [-0.15, -0.1) is 4.99 Å². The Morgan fingerprint density at radius 2 is 2.24 bits per heavy atom. The average molecular weight is 235 g/mol. The molecular weight excluding hydrogens is 225 g/mol. The maximum atomic E-state index is 13.8. The van der Waals surface area contributed by atoms with Crippen molar-refractivity contribution in [2.45, 2.75) is 18.8 Å². The SMILES string of the molecule is COc1cc(C2CC2)cc(F)c1C(=O)N=C=O. The zero-order valence-electron chi connectivity index (χ0n) is 9.20. The first kappa shape index (κ1) is 11.5. The monoisotopic (exact) mass is 235 g/mol. The van der Waals surface area contributed by atoms with Crippen LogP contribution < -0.4 is 4.74 Å². The Morgan fingerprint density at radius 1 is 1.53 bits per heavy atom. The molecule has 5 heteroatoms. The second kappa shape index (κ2) is 4.47. The highest BCUT2D eigenvalue weighted by Gasteiger charge is 2.27. The van der Waals surface area contributed by atoms with Gasteiger partial charge in [-0.1, -0.05) is 0 Å². The lowest BCUT2D eigenvalue weighted by Gasteiger charge is -2.08. The number of aliphatic imine (C=N–C) groups is 1. The van der Waals surface area contributed by atoms with E-state index in [0.717, 1.165) is 24.5 Å². The van der Waals surface area contributed by atoms with Gasteiger partial charge in [0.05, 0.1) is 7.11 Å². The van der Waals surface area contributed by atoms with Gasteiger partial charge in [-0.2, -0.15) is 0 Å². The Hall–Kier alpha value is -2.00. The lowest BCUT2D eigenvalue weighted by Crippen LogP contribution is -2.04. The fourth-order valence-corrected chi connectivity index (χ4v) is 1.72. The molecule has 0 heterocycles. The molecule has 88 valence electrons. The van der Waals surface area contributed by atoms with E-state index < -0.39 is 11.7 Å². The number of hydrogen-bond donors (Lipinski definition) is 0. The summed E-state index contributed by atoms with van der Waals surface area (Å²) in [6.07, 6.45) is 3.13. The van der Waals surface area contributed by atoms with Crippen LogP contribution in [-0.2, 0) is 4.79 Å². The summed E-state index contributed by atoms with van der Waals surface area (Å²) >= 11 is 0. The van der Waals surface area contributed by atoms with Crippen molar-refractivity contribution in [3.8, 4) is 5.75 Å². The number of halogens is 1. The summed E-state index contributed by atoms with van der Waals surface area (Å²) in [5, 5.41) is 0. The molecule has 2 rings (SSSR count). The molecule has 1 aliphatic carbocycles. The molecule has 0 atom stereocenters. The van der Waals surface area contributed by atoms with Crippen molar-refractivity contribution in [3.05, 3.63) is 29.1 Å². The number of isocyanates is 1. The zero-order valence-corrected chi connectivity index (χ0v) is 9.20. The molecule has 1 aromatic carbocycles. The van der Waals surface area contributed by atoms with Crippen LogP contribution in [0.4, 0.5) is 4.39 Å². The second-order valence-electron chi connectivity index (χ2n) is 3.86. The molecule has 0 radical (unpaired) electrons. The summed E-state index contributed by atoms with van der Waals surface area (Å²) in [5.74, 6) is -1.24. The lowest BCUT2D eigenvalue weighted by molar-refractivity contribution is 0.0996. The maximum Gasteiger partial charge on any atom is 0.294 e. The molecular formula is C12H10FNO3. The molecule has 0 spiro atoms. The lowest BCUT2D eigenvalue weighted by atomic mass is 10.1. The highest BCUT2D eigenvalue weighted by molar-refractivity contribution is 6.00. The van der Waals surface area contributed by atoms with Gasteiger partial charge in [0.25, 0.3) is 5.91 Å². The summed E-state index contributed by atoms with van der Waals surface area (Å²) < 4.78 is 18.7. The van der Waals surface area contributed by atoms with E-state index in [1.165, 1.54) is 13.2 Å². The van der Waals surface area contributed by atoms with Crippen LogP contribution in [0, 0.1) is 5.82 Å². The molecule has 4 nitrogen and oxygen atoms in total. The second-order valence-corrected chi connectivity index (χ2v) is 3.86. The van der Waals surface area contributed by atoms with E-state index in [4.69, 9.17) is 4.74 Å². The topological polar surface area (TPSA) is 55.7 Å². The Bertz CT molecular complexity index is 517. The van der Waals surface area contributed by atoms with Gasteiger partial charge < -0.3 is 4.74 Å². The highest BCUT2D eigenvalue weighted by Crippen LogP contribution is 2.42. The minimum absolute atomic E-state index is 0.107. The van der Waals surface area contributed by atoms with E-state index in [1.54, 1.807) is 6.07 Å². The van der Waals surface area contributed by atoms with Gasteiger partial charge in [-0.3, -0.25) is 4.79 Å². The van der Waals surface area contributed by atoms with Crippen molar-refractivity contribution in [2.24, 2.45) is 4.99 Å². The van der Waals surface area contributed by atoms with E-state index in [9.17, 15) is 14.0 Å². The predicted octanol–water partition coefficient (Wildman–Crippen LogP) is 2.19. The van der Waals surface area contributed by atoms with Crippen molar-refractivity contribution >= 4 is 12.0 Å². The van der Waals surface area contributed by atoms with Crippen LogP contribution in [0.2, 0.25) is 0 Å². The smallest absolute Gasteiger partial charge is 0.294 e. The largest absolute Gasteiger partial charge is 0.496 e. The van der Waals surface area contributed by atoms with E-state index >= 15 is 0 Å². The minimum Gasteiger partial charge on any atom is -0.496 e. The van der Waals surface area contributed by atoms with Crippen LogP contribution in [-0.4, -0.2) is 19.1 Å². The maximum absolute atomic E-state index is 13.8. The summed E-state index contributed by atoms with van der Waals surface area (Å²) in [5.41, 5.74) is 0.492. The van der Waals surface area contributed by atoms with Crippen LogP contribution >= 0.6 is 0 Å². The highest BCUT2D eigenvalue weighted by atomic mass is 19.1. The van der Waals surface area contributed by atoms with Crippen molar-refractivity contribution in [1.29, 1.82) is 0 Å². The van der Waals surface area contributed by atoms with Crippen molar-refractivity contribution in [1.82, 2.24) is 0 Å². The first-order valence-corrected chi connectivity index (χ1v) is 5.17. The number of benzene rings is 1. The molecule has 1 saturated carbocycles. The Morgan fingerprint density at radius 3 is 2.76 bits per heavy atom. The van der Waals surface area contributed by atoms with Crippen molar-refractivity contribution in [2.75, 3.05) is 7.11 Å². The molecule has 0 aliphatic heterocycles. The van der Waals surface area contributed by atoms with Gasteiger partial charge in [0.2, 0.25) is 6.08 Å². The number of hydrogen-bond acceptors (Lipinski definition) is 3. The molecule has 0 N–H and O–H groups in total. The third kappa shape index (κ3) is 2.24. The quantitative estimate of drug-likeness (QED) is 0.596. The van der Waals surface area contributed by atoms with Crippen molar-refractivity contribution < 1.29 is 18.7 Å². The minimum atomic E-state index is -0.975. The molecule has 1 fully saturated rings. The Balaban J connectivity index is 2.50. The van der Waals surface area contributed by atoms with E-state index in [2.05, 4.69) is 4.99 Å². The fraction of sp³-hybridized carbons (Fsp3) is 0.333. The summed E-state index contributed by atoms with van der Waals surface area (Å²) in [7, 11) is 1.34. The van der Waals surface area contributed by atoms with Gasteiger partial charge >= 0.3 is 0 Å². The predicted molar refractivity (Wildman–Crippen MR) is 57.4 cm³/mol. The van der Waals surface area contributed by atoms with Crippen LogP contribution in [0.1, 0.15) is 34.7 Å². The molecule has 0 unspecified atom stereocenters. The molecule has 0 saturated heterocycles. The molecule has 1 aliphatic rings. The Kier molecular flexibility index (Phi) is 3.02. The van der Waals surface area contributed by atoms with Gasteiger partial charge in [0.15, 0.2) is 0 Å². The molecule has 1 amide bonds. The molecule has 0 aromatic heterocycles. The van der Waals surface area contributed by atoms with E-state index in [1.807, 2.05) is 0 Å². The first-order valence-electron chi connectivity index (χ1n) is 5.17. The summed E-state index contributed by atoms with van der Waals surface area (Å²) in [6, 6.07) is 2.92. The fourth-order valence-electron chi connectivity index (χ4n) is 1.72. The number of carbonyl (C=O) groups excluding carboxylic acids is 2.